The van der Waals surface area contributed by atoms with Crippen LogP contribution >= 0.6 is 11.3 Å². The van der Waals surface area contributed by atoms with Gasteiger partial charge in [0.2, 0.25) is 0 Å². The number of nitriles is 1. The Hall–Kier alpha value is -3.50. The number of pyridine rings is 1. The SMILES string of the molecule is Cn1cc(-c2cc(C(C)(C)C#N)ccc2Oc2ccc(F)cc2F)c2ccsc2c1=O. The minimum atomic E-state index is -0.825. The largest absolute Gasteiger partial charge is 0.454 e. The van der Waals surface area contributed by atoms with Gasteiger partial charge in [0.25, 0.3) is 5.56 Å². The van der Waals surface area contributed by atoms with E-state index in [0.29, 0.717) is 21.6 Å². The molecule has 0 aliphatic carbocycles. The second kappa shape index (κ2) is 7.64. The van der Waals surface area contributed by atoms with Crippen LogP contribution in [0.4, 0.5) is 8.78 Å². The highest BCUT2D eigenvalue weighted by Crippen LogP contribution is 2.40. The standard InChI is InChI=1S/C24H18F2N2O2S/c1-24(2,13-27)14-4-6-20(30-21-7-5-15(25)11-19(21)26)17(10-14)18-12-28(3)23(29)22-16(18)8-9-31-22/h4-12H,1-3H3. The van der Waals surface area contributed by atoms with Crippen LogP contribution in [0.5, 0.6) is 11.5 Å². The second-order valence-corrected chi connectivity index (χ2v) is 8.66. The summed E-state index contributed by atoms with van der Waals surface area (Å²) in [5.41, 5.74) is 1.17. The Balaban J connectivity index is 1.98. The summed E-state index contributed by atoms with van der Waals surface area (Å²) in [4.78, 5) is 12.5. The van der Waals surface area contributed by atoms with Crippen molar-refractivity contribution in [1.29, 1.82) is 5.26 Å². The first-order valence-electron chi connectivity index (χ1n) is 9.47. The van der Waals surface area contributed by atoms with Crippen LogP contribution in [0.1, 0.15) is 19.4 Å². The van der Waals surface area contributed by atoms with Crippen LogP contribution in [-0.4, -0.2) is 4.57 Å². The van der Waals surface area contributed by atoms with Gasteiger partial charge in [-0.15, -0.1) is 11.3 Å². The maximum atomic E-state index is 14.3. The van der Waals surface area contributed by atoms with E-state index >= 15 is 0 Å². The molecule has 0 radical (unpaired) electrons. The average molecular weight is 436 g/mol. The summed E-state index contributed by atoms with van der Waals surface area (Å²) in [6.07, 6.45) is 1.70. The van der Waals surface area contributed by atoms with E-state index in [4.69, 9.17) is 4.74 Å². The number of thiophene rings is 1. The molecule has 4 rings (SSSR count). The summed E-state index contributed by atoms with van der Waals surface area (Å²) in [5, 5.41) is 12.2. The fourth-order valence-electron chi connectivity index (χ4n) is 3.34. The fourth-order valence-corrected chi connectivity index (χ4v) is 4.23. The zero-order valence-electron chi connectivity index (χ0n) is 17.1. The molecule has 0 saturated carbocycles. The van der Waals surface area contributed by atoms with E-state index < -0.39 is 17.0 Å². The third-order valence-corrected chi connectivity index (χ3v) is 6.08. The van der Waals surface area contributed by atoms with E-state index in [2.05, 4.69) is 6.07 Å². The second-order valence-electron chi connectivity index (χ2n) is 7.75. The molecule has 0 unspecified atom stereocenters. The summed E-state index contributed by atoms with van der Waals surface area (Å²) in [6, 6.07) is 12.5. The molecule has 4 aromatic rings. The number of hydrogen-bond donors (Lipinski definition) is 0. The van der Waals surface area contributed by atoms with Crippen molar-refractivity contribution in [2.75, 3.05) is 0 Å². The average Bonchev–Trinajstić information content (AvgIpc) is 3.23. The minimum absolute atomic E-state index is 0.116. The summed E-state index contributed by atoms with van der Waals surface area (Å²) in [6.45, 7) is 3.60. The number of halogens is 2. The summed E-state index contributed by atoms with van der Waals surface area (Å²) in [5.74, 6) is -1.32. The lowest BCUT2D eigenvalue weighted by atomic mass is 9.84. The molecule has 0 atom stereocenters. The molecule has 2 aromatic heterocycles. The zero-order valence-corrected chi connectivity index (χ0v) is 17.9. The molecule has 0 fully saturated rings. The maximum absolute atomic E-state index is 14.3. The highest BCUT2D eigenvalue weighted by atomic mass is 32.1. The third kappa shape index (κ3) is 3.71. The molecule has 156 valence electrons. The lowest BCUT2D eigenvalue weighted by Crippen LogP contribution is -2.16. The minimum Gasteiger partial charge on any atom is -0.454 e. The van der Waals surface area contributed by atoms with Gasteiger partial charge in [-0.05, 0) is 55.1 Å². The molecule has 4 nitrogen and oxygen atoms in total. The van der Waals surface area contributed by atoms with Gasteiger partial charge in [-0.1, -0.05) is 6.07 Å². The number of nitrogens with zero attached hydrogens (tertiary/aromatic N) is 2. The van der Waals surface area contributed by atoms with Gasteiger partial charge in [-0.25, -0.2) is 8.78 Å². The monoisotopic (exact) mass is 436 g/mol. The topological polar surface area (TPSA) is 55.0 Å². The highest BCUT2D eigenvalue weighted by molar-refractivity contribution is 7.17. The third-order valence-electron chi connectivity index (χ3n) is 5.18. The van der Waals surface area contributed by atoms with Gasteiger partial charge in [0.1, 0.15) is 16.3 Å². The smallest absolute Gasteiger partial charge is 0.268 e. The number of aryl methyl sites for hydroxylation is 1. The number of rotatable bonds is 4. The van der Waals surface area contributed by atoms with Crippen molar-refractivity contribution >= 4 is 21.4 Å². The lowest BCUT2D eigenvalue weighted by molar-refractivity contribution is 0.438. The molecular weight excluding hydrogens is 418 g/mol. The van der Waals surface area contributed by atoms with Gasteiger partial charge in [0, 0.05) is 35.8 Å². The fraction of sp³-hybridized carbons (Fsp3) is 0.167. The van der Waals surface area contributed by atoms with Crippen molar-refractivity contribution < 1.29 is 13.5 Å². The molecule has 31 heavy (non-hydrogen) atoms. The van der Waals surface area contributed by atoms with Crippen LogP contribution in [0.15, 0.2) is 58.8 Å². The van der Waals surface area contributed by atoms with Crippen molar-refractivity contribution in [2.45, 2.75) is 19.3 Å². The normalized spacial score (nSPS) is 11.5. The zero-order chi connectivity index (χ0) is 22.3. The van der Waals surface area contributed by atoms with Gasteiger partial charge >= 0.3 is 0 Å². The van der Waals surface area contributed by atoms with Crippen molar-refractivity contribution in [2.24, 2.45) is 7.05 Å². The maximum Gasteiger partial charge on any atom is 0.268 e. The van der Waals surface area contributed by atoms with E-state index in [1.165, 1.54) is 22.0 Å². The quantitative estimate of drug-likeness (QED) is 0.386. The molecule has 0 amide bonds. The molecule has 2 aromatic carbocycles. The van der Waals surface area contributed by atoms with Crippen molar-refractivity contribution in [1.82, 2.24) is 4.57 Å². The first-order chi connectivity index (χ1) is 14.7. The molecule has 0 spiro atoms. The van der Waals surface area contributed by atoms with E-state index in [1.54, 1.807) is 39.2 Å². The lowest BCUT2D eigenvalue weighted by Gasteiger charge is -2.20. The van der Waals surface area contributed by atoms with E-state index in [9.17, 15) is 18.8 Å². The van der Waals surface area contributed by atoms with Crippen LogP contribution in [-0.2, 0) is 12.5 Å². The van der Waals surface area contributed by atoms with E-state index in [-0.39, 0.29) is 11.3 Å². The number of aromatic nitrogens is 1. The Bertz CT molecular complexity index is 1410. The summed E-state index contributed by atoms with van der Waals surface area (Å²) < 4.78 is 35.5. The number of fused-ring (bicyclic) bond motifs is 1. The molecule has 0 saturated heterocycles. The van der Waals surface area contributed by atoms with Crippen molar-refractivity contribution in [3.05, 3.63) is 81.6 Å². The Kier molecular flexibility index (Phi) is 5.11. The van der Waals surface area contributed by atoms with Crippen LogP contribution in [0.25, 0.3) is 21.2 Å². The molecular formula is C24H18F2N2O2S. The van der Waals surface area contributed by atoms with Crippen molar-refractivity contribution in [3.63, 3.8) is 0 Å². The van der Waals surface area contributed by atoms with Gasteiger partial charge in [0.15, 0.2) is 11.6 Å². The van der Waals surface area contributed by atoms with Gasteiger partial charge in [-0.3, -0.25) is 4.79 Å². The van der Waals surface area contributed by atoms with Crippen LogP contribution < -0.4 is 10.3 Å². The van der Waals surface area contributed by atoms with Crippen LogP contribution in [0.3, 0.4) is 0 Å². The predicted octanol–water partition coefficient (Wildman–Crippen LogP) is 6.14. The summed E-state index contributed by atoms with van der Waals surface area (Å²) in [7, 11) is 1.66. The molecule has 2 heterocycles. The van der Waals surface area contributed by atoms with Crippen LogP contribution in [0.2, 0.25) is 0 Å². The van der Waals surface area contributed by atoms with Gasteiger partial charge in [0.05, 0.1) is 11.5 Å². The first-order valence-corrected chi connectivity index (χ1v) is 10.3. The van der Waals surface area contributed by atoms with Crippen molar-refractivity contribution in [3.8, 4) is 28.7 Å². The Morgan fingerprint density at radius 1 is 1.06 bits per heavy atom. The van der Waals surface area contributed by atoms with Gasteiger partial charge < -0.3 is 9.30 Å². The Labute approximate surface area is 181 Å². The Morgan fingerprint density at radius 3 is 2.52 bits per heavy atom. The van der Waals surface area contributed by atoms with Gasteiger partial charge in [-0.2, -0.15) is 5.26 Å². The molecule has 0 N–H and O–H groups in total. The molecule has 7 heteroatoms. The van der Waals surface area contributed by atoms with E-state index in [0.717, 1.165) is 23.1 Å². The van der Waals surface area contributed by atoms with E-state index in [1.807, 2.05) is 17.5 Å². The summed E-state index contributed by atoms with van der Waals surface area (Å²) >= 11 is 1.34. The van der Waals surface area contributed by atoms with Crippen LogP contribution in [0, 0.1) is 23.0 Å². The Morgan fingerprint density at radius 2 is 1.81 bits per heavy atom. The highest BCUT2D eigenvalue weighted by Gasteiger charge is 2.23. The predicted molar refractivity (Wildman–Crippen MR) is 118 cm³/mol. The molecule has 0 aliphatic rings. The number of ether oxygens (including phenoxy) is 1. The molecule has 0 aliphatic heterocycles. The first kappa shape index (κ1) is 20.8. The number of benzene rings is 2. The molecule has 0 bridgehead atoms. The number of hydrogen-bond acceptors (Lipinski definition) is 4.